The van der Waals surface area contributed by atoms with E-state index < -0.39 is 18.0 Å². The Bertz CT molecular complexity index is 1090. The molecule has 0 bridgehead atoms. The number of benzene rings is 1. The number of imide groups is 1. The normalized spacial score (nSPS) is 16.0. The Morgan fingerprint density at radius 2 is 2.07 bits per heavy atom. The second-order valence-corrected chi connectivity index (χ2v) is 6.94. The molecule has 1 aromatic carbocycles. The number of ether oxygens (including phenoxy) is 1. The Balaban J connectivity index is 1.34. The summed E-state index contributed by atoms with van der Waals surface area (Å²) < 4.78 is 4.97. The molecule has 1 fully saturated rings. The highest BCUT2D eigenvalue weighted by atomic mass is 16.5. The maximum Gasteiger partial charge on any atom is 0.324 e. The molecule has 1 atom stereocenters. The van der Waals surface area contributed by atoms with E-state index in [-0.39, 0.29) is 18.9 Å². The van der Waals surface area contributed by atoms with Crippen LogP contribution in [-0.2, 0) is 16.0 Å². The number of anilines is 1. The van der Waals surface area contributed by atoms with Crippen molar-refractivity contribution in [3.63, 3.8) is 0 Å². The number of hydrogen-bond acceptors (Lipinski definition) is 5. The molecule has 9 heteroatoms. The van der Waals surface area contributed by atoms with Crippen LogP contribution in [0.3, 0.4) is 0 Å². The van der Waals surface area contributed by atoms with Gasteiger partial charge in [0.2, 0.25) is 11.8 Å². The van der Waals surface area contributed by atoms with Crippen LogP contribution in [0, 0.1) is 0 Å². The number of para-hydroxylation sites is 1. The zero-order valence-electron chi connectivity index (χ0n) is 16.3. The molecule has 4 rings (SSSR count). The van der Waals surface area contributed by atoms with Crippen molar-refractivity contribution >= 4 is 34.4 Å². The van der Waals surface area contributed by atoms with Crippen LogP contribution in [0.5, 0.6) is 5.88 Å². The highest BCUT2D eigenvalue weighted by Gasteiger charge is 2.38. The standard InChI is InChI=1S/C21H21N5O4/c1-30-19-7-6-14(12-23-19)24-18(27)10-17-20(28)26(21(29)25-17)9-8-13-11-22-16-5-3-2-4-15(13)16/h2-7,11-12,17,22H,8-10H2,1H3,(H,24,27)(H,25,29). The van der Waals surface area contributed by atoms with Gasteiger partial charge in [0, 0.05) is 29.7 Å². The molecular weight excluding hydrogens is 386 g/mol. The van der Waals surface area contributed by atoms with Gasteiger partial charge in [-0.1, -0.05) is 18.2 Å². The average molecular weight is 407 g/mol. The van der Waals surface area contributed by atoms with Crippen molar-refractivity contribution in [2.45, 2.75) is 18.9 Å². The van der Waals surface area contributed by atoms with Crippen LogP contribution < -0.4 is 15.4 Å². The number of hydrogen-bond donors (Lipinski definition) is 3. The molecule has 4 amide bonds. The number of aromatic nitrogens is 2. The predicted octanol–water partition coefficient (Wildman–Crippen LogP) is 2.06. The number of nitrogens with one attached hydrogen (secondary N) is 3. The lowest BCUT2D eigenvalue weighted by Crippen LogP contribution is -2.34. The molecule has 0 aliphatic carbocycles. The summed E-state index contributed by atoms with van der Waals surface area (Å²) in [5, 5.41) is 6.31. The molecule has 9 nitrogen and oxygen atoms in total. The summed E-state index contributed by atoms with van der Waals surface area (Å²) in [6.45, 7) is 0.243. The molecule has 30 heavy (non-hydrogen) atoms. The van der Waals surface area contributed by atoms with Gasteiger partial charge >= 0.3 is 6.03 Å². The van der Waals surface area contributed by atoms with Crippen molar-refractivity contribution in [2.24, 2.45) is 0 Å². The van der Waals surface area contributed by atoms with Gasteiger partial charge in [-0.3, -0.25) is 14.5 Å². The zero-order valence-corrected chi connectivity index (χ0v) is 16.3. The van der Waals surface area contributed by atoms with E-state index >= 15 is 0 Å². The molecule has 1 unspecified atom stereocenters. The number of pyridine rings is 1. The predicted molar refractivity (Wildman–Crippen MR) is 110 cm³/mol. The van der Waals surface area contributed by atoms with Crippen LogP contribution in [0.2, 0.25) is 0 Å². The molecule has 0 radical (unpaired) electrons. The van der Waals surface area contributed by atoms with Crippen molar-refractivity contribution in [1.29, 1.82) is 0 Å². The van der Waals surface area contributed by atoms with Crippen LogP contribution in [0.1, 0.15) is 12.0 Å². The van der Waals surface area contributed by atoms with Crippen molar-refractivity contribution in [2.75, 3.05) is 19.0 Å². The quantitative estimate of drug-likeness (QED) is 0.519. The largest absolute Gasteiger partial charge is 0.481 e. The number of rotatable bonds is 7. The van der Waals surface area contributed by atoms with E-state index in [4.69, 9.17) is 4.74 Å². The van der Waals surface area contributed by atoms with Crippen LogP contribution in [-0.4, -0.2) is 52.4 Å². The second kappa shape index (κ2) is 8.24. The van der Waals surface area contributed by atoms with E-state index in [9.17, 15) is 14.4 Å². The number of carbonyl (C=O) groups excluding carboxylic acids is 3. The summed E-state index contributed by atoms with van der Waals surface area (Å²) >= 11 is 0. The SMILES string of the molecule is COc1ccc(NC(=O)CC2NC(=O)N(CCc3c[nH]c4ccccc34)C2=O)cn1. The first-order chi connectivity index (χ1) is 14.5. The van der Waals surface area contributed by atoms with Gasteiger partial charge in [0.15, 0.2) is 0 Å². The van der Waals surface area contributed by atoms with Gasteiger partial charge in [-0.25, -0.2) is 9.78 Å². The van der Waals surface area contributed by atoms with Gasteiger partial charge in [-0.15, -0.1) is 0 Å². The van der Waals surface area contributed by atoms with Crippen molar-refractivity contribution in [1.82, 2.24) is 20.2 Å². The van der Waals surface area contributed by atoms with E-state index in [1.165, 1.54) is 13.3 Å². The van der Waals surface area contributed by atoms with E-state index in [0.717, 1.165) is 21.4 Å². The van der Waals surface area contributed by atoms with Gasteiger partial charge in [0.1, 0.15) is 6.04 Å². The number of urea groups is 1. The van der Waals surface area contributed by atoms with Crippen molar-refractivity contribution in [3.05, 3.63) is 54.4 Å². The van der Waals surface area contributed by atoms with E-state index in [0.29, 0.717) is 18.0 Å². The summed E-state index contributed by atoms with van der Waals surface area (Å²) in [5.41, 5.74) is 2.51. The first-order valence-electron chi connectivity index (χ1n) is 9.52. The molecule has 3 heterocycles. The Morgan fingerprint density at radius 1 is 1.23 bits per heavy atom. The first kappa shape index (κ1) is 19.4. The molecule has 0 spiro atoms. The first-order valence-corrected chi connectivity index (χ1v) is 9.52. The lowest BCUT2D eigenvalue weighted by molar-refractivity contribution is -0.129. The lowest BCUT2D eigenvalue weighted by Gasteiger charge is -2.13. The topological polar surface area (TPSA) is 116 Å². The van der Waals surface area contributed by atoms with Crippen LogP contribution in [0.4, 0.5) is 10.5 Å². The number of nitrogens with zero attached hydrogens (tertiary/aromatic N) is 2. The smallest absolute Gasteiger partial charge is 0.324 e. The summed E-state index contributed by atoms with van der Waals surface area (Å²) in [7, 11) is 1.50. The van der Waals surface area contributed by atoms with Crippen molar-refractivity contribution in [3.8, 4) is 5.88 Å². The molecule has 1 aliphatic rings. The minimum Gasteiger partial charge on any atom is -0.481 e. The van der Waals surface area contributed by atoms with Crippen LogP contribution in [0.25, 0.3) is 10.9 Å². The van der Waals surface area contributed by atoms with Gasteiger partial charge in [-0.05, 0) is 24.1 Å². The summed E-state index contributed by atoms with van der Waals surface area (Å²) in [5.74, 6) is -0.362. The Hall–Kier alpha value is -3.88. The number of methoxy groups -OCH3 is 1. The van der Waals surface area contributed by atoms with E-state index in [2.05, 4.69) is 20.6 Å². The highest BCUT2D eigenvalue weighted by molar-refractivity contribution is 6.07. The number of fused-ring (bicyclic) bond motifs is 1. The fourth-order valence-electron chi connectivity index (χ4n) is 3.47. The average Bonchev–Trinajstić information content (AvgIpc) is 3.28. The summed E-state index contributed by atoms with van der Waals surface area (Å²) in [4.78, 5) is 45.5. The third-order valence-corrected chi connectivity index (χ3v) is 5.01. The maximum absolute atomic E-state index is 12.6. The number of carbonyl (C=O) groups is 3. The molecule has 3 N–H and O–H groups in total. The van der Waals surface area contributed by atoms with Gasteiger partial charge in [0.25, 0.3) is 5.91 Å². The minimum atomic E-state index is -0.883. The Labute approximate surface area is 172 Å². The molecule has 2 aromatic heterocycles. The zero-order chi connectivity index (χ0) is 21.1. The fraction of sp³-hybridized carbons (Fsp3) is 0.238. The van der Waals surface area contributed by atoms with Crippen molar-refractivity contribution < 1.29 is 19.1 Å². The molecule has 0 saturated carbocycles. The van der Waals surface area contributed by atoms with E-state index in [1.54, 1.807) is 12.1 Å². The highest BCUT2D eigenvalue weighted by Crippen LogP contribution is 2.20. The summed E-state index contributed by atoms with van der Waals surface area (Å²) in [6, 6.07) is 9.75. The van der Waals surface area contributed by atoms with Gasteiger partial charge in [0.05, 0.1) is 25.4 Å². The maximum atomic E-state index is 12.6. The molecular formula is C21H21N5O4. The molecule has 1 saturated heterocycles. The molecule has 1 aliphatic heterocycles. The Kier molecular flexibility index (Phi) is 5.34. The molecule has 154 valence electrons. The number of aromatic amines is 1. The van der Waals surface area contributed by atoms with Gasteiger partial charge < -0.3 is 20.4 Å². The lowest BCUT2D eigenvalue weighted by atomic mass is 10.1. The third-order valence-electron chi connectivity index (χ3n) is 5.01. The third kappa shape index (κ3) is 3.95. The minimum absolute atomic E-state index is 0.153. The Morgan fingerprint density at radius 3 is 2.83 bits per heavy atom. The van der Waals surface area contributed by atoms with Crippen LogP contribution >= 0.6 is 0 Å². The second-order valence-electron chi connectivity index (χ2n) is 6.94. The fourth-order valence-corrected chi connectivity index (χ4v) is 3.47. The summed E-state index contributed by atoms with van der Waals surface area (Å²) in [6.07, 6.45) is 3.72. The van der Waals surface area contributed by atoms with Crippen LogP contribution in [0.15, 0.2) is 48.8 Å². The van der Waals surface area contributed by atoms with Gasteiger partial charge in [-0.2, -0.15) is 0 Å². The molecule has 3 aromatic rings. The number of amides is 4. The monoisotopic (exact) mass is 407 g/mol. The number of H-pyrrole nitrogens is 1. The van der Waals surface area contributed by atoms with E-state index in [1.807, 2.05) is 30.5 Å².